The Morgan fingerprint density at radius 1 is 1.65 bits per heavy atom. The zero-order valence-electron chi connectivity index (χ0n) is 9.15. The van der Waals surface area contributed by atoms with Crippen LogP contribution in [0, 0.1) is 5.92 Å². The second-order valence-electron chi connectivity index (χ2n) is 3.94. The first-order valence-electron chi connectivity index (χ1n) is 5.38. The number of pyridine rings is 1. The number of anilines is 1. The van der Waals surface area contributed by atoms with E-state index < -0.39 is 5.97 Å². The van der Waals surface area contributed by atoms with Gasteiger partial charge in [0.05, 0.1) is 11.6 Å². The van der Waals surface area contributed by atoms with E-state index >= 15 is 0 Å². The highest BCUT2D eigenvalue weighted by Crippen LogP contribution is 2.18. The molecule has 2 N–H and O–H groups in total. The van der Waals surface area contributed by atoms with Crippen LogP contribution in [0.4, 0.5) is 5.82 Å². The van der Waals surface area contributed by atoms with Crippen LogP contribution in [0.5, 0.6) is 0 Å². The van der Waals surface area contributed by atoms with Gasteiger partial charge >= 0.3 is 5.97 Å². The van der Waals surface area contributed by atoms with Crippen molar-refractivity contribution in [2.45, 2.75) is 6.42 Å². The minimum absolute atomic E-state index is 0.126. The van der Waals surface area contributed by atoms with Gasteiger partial charge in [0.15, 0.2) is 5.69 Å². The van der Waals surface area contributed by atoms with E-state index in [4.69, 9.17) is 21.4 Å². The van der Waals surface area contributed by atoms with Crippen molar-refractivity contribution in [2.24, 2.45) is 5.92 Å². The summed E-state index contributed by atoms with van der Waals surface area (Å²) < 4.78 is 5.25. The number of ether oxygens (including phenoxy) is 1. The van der Waals surface area contributed by atoms with Crippen LogP contribution >= 0.6 is 11.6 Å². The molecule has 6 heteroatoms. The summed E-state index contributed by atoms with van der Waals surface area (Å²) in [7, 11) is 0. The number of nitrogens with one attached hydrogen (secondary N) is 1. The molecule has 92 valence electrons. The van der Waals surface area contributed by atoms with Crippen LogP contribution in [-0.2, 0) is 4.74 Å². The average molecular weight is 257 g/mol. The van der Waals surface area contributed by atoms with Gasteiger partial charge < -0.3 is 15.2 Å². The number of carbonyl (C=O) groups is 1. The van der Waals surface area contributed by atoms with E-state index in [-0.39, 0.29) is 10.7 Å². The Balaban J connectivity index is 2.00. The lowest BCUT2D eigenvalue weighted by Crippen LogP contribution is -2.15. The van der Waals surface area contributed by atoms with Crippen LogP contribution in [0.1, 0.15) is 16.9 Å². The van der Waals surface area contributed by atoms with Crippen LogP contribution in [-0.4, -0.2) is 35.8 Å². The van der Waals surface area contributed by atoms with Crippen LogP contribution in [0.3, 0.4) is 0 Å². The van der Waals surface area contributed by atoms with Gasteiger partial charge in [-0.2, -0.15) is 0 Å². The molecule has 17 heavy (non-hydrogen) atoms. The SMILES string of the molecule is O=C(O)c1nc(NCC2CCOC2)ccc1Cl. The largest absolute Gasteiger partial charge is 0.476 e. The summed E-state index contributed by atoms with van der Waals surface area (Å²) in [5.74, 6) is -0.137. The van der Waals surface area contributed by atoms with Crippen molar-refractivity contribution >= 4 is 23.4 Å². The maximum Gasteiger partial charge on any atom is 0.356 e. The van der Waals surface area contributed by atoms with Crippen molar-refractivity contribution < 1.29 is 14.6 Å². The predicted octanol–water partition coefficient (Wildman–Crippen LogP) is 1.88. The molecule has 1 atom stereocenters. The highest BCUT2D eigenvalue weighted by Gasteiger charge is 2.16. The fourth-order valence-electron chi connectivity index (χ4n) is 1.68. The summed E-state index contributed by atoms with van der Waals surface area (Å²) in [4.78, 5) is 14.8. The summed E-state index contributed by atoms with van der Waals surface area (Å²) in [5.41, 5.74) is -0.126. The van der Waals surface area contributed by atoms with Crippen molar-refractivity contribution in [3.8, 4) is 0 Å². The average Bonchev–Trinajstić information content (AvgIpc) is 2.80. The fraction of sp³-hybridized carbons (Fsp3) is 0.455. The molecule has 0 aromatic carbocycles. The van der Waals surface area contributed by atoms with Gasteiger partial charge in [-0.1, -0.05) is 11.6 Å². The Morgan fingerprint density at radius 2 is 2.47 bits per heavy atom. The smallest absolute Gasteiger partial charge is 0.356 e. The maximum absolute atomic E-state index is 10.8. The zero-order valence-corrected chi connectivity index (χ0v) is 9.91. The van der Waals surface area contributed by atoms with E-state index in [1.807, 2.05) is 0 Å². The maximum atomic E-state index is 10.8. The summed E-state index contributed by atoms with van der Waals surface area (Å²) >= 11 is 5.73. The van der Waals surface area contributed by atoms with Crippen molar-refractivity contribution in [2.75, 3.05) is 25.1 Å². The van der Waals surface area contributed by atoms with Gasteiger partial charge in [0.25, 0.3) is 0 Å². The summed E-state index contributed by atoms with van der Waals surface area (Å²) in [6, 6.07) is 3.20. The Hall–Kier alpha value is -1.33. The molecule has 5 nitrogen and oxygen atoms in total. The molecular formula is C11H13ClN2O3. The highest BCUT2D eigenvalue weighted by atomic mass is 35.5. The monoisotopic (exact) mass is 256 g/mol. The first-order valence-corrected chi connectivity index (χ1v) is 5.76. The lowest BCUT2D eigenvalue weighted by atomic mass is 10.1. The van der Waals surface area contributed by atoms with Crippen molar-refractivity contribution in [1.29, 1.82) is 0 Å². The predicted molar refractivity (Wildman–Crippen MR) is 63.6 cm³/mol. The van der Waals surface area contributed by atoms with Crippen LogP contribution in [0.25, 0.3) is 0 Å². The molecule has 1 aliphatic heterocycles. The molecule has 2 rings (SSSR count). The van der Waals surface area contributed by atoms with Gasteiger partial charge in [-0.15, -0.1) is 0 Å². The van der Waals surface area contributed by atoms with Crippen molar-refractivity contribution in [1.82, 2.24) is 4.98 Å². The lowest BCUT2D eigenvalue weighted by Gasteiger charge is -2.10. The van der Waals surface area contributed by atoms with Crippen LogP contribution < -0.4 is 5.32 Å². The number of hydrogen-bond donors (Lipinski definition) is 2. The Labute approximate surface area is 104 Å². The van der Waals surface area contributed by atoms with Crippen LogP contribution in [0.2, 0.25) is 5.02 Å². The first kappa shape index (κ1) is 12.1. The normalized spacial score (nSPS) is 19.2. The number of aromatic nitrogens is 1. The molecular weight excluding hydrogens is 244 g/mol. The van der Waals surface area contributed by atoms with Gasteiger partial charge in [0.2, 0.25) is 0 Å². The number of halogens is 1. The molecule has 1 aromatic rings. The number of aromatic carboxylic acids is 1. The Bertz CT molecular complexity index is 419. The minimum Gasteiger partial charge on any atom is -0.476 e. The summed E-state index contributed by atoms with van der Waals surface area (Å²) in [5, 5.41) is 12.1. The van der Waals surface area contributed by atoms with E-state index in [0.717, 1.165) is 26.2 Å². The van der Waals surface area contributed by atoms with E-state index in [0.29, 0.717) is 11.7 Å². The molecule has 0 saturated carbocycles. The third kappa shape index (κ3) is 3.08. The molecule has 1 fully saturated rings. The van der Waals surface area contributed by atoms with Crippen LogP contribution in [0.15, 0.2) is 12.1 Å². The first-order chi connectivity index (χ1) is 8.16. The molecule has 0 spiro atoms. The molecule has 1 unspecified atom stereocenters. The molecule has 2 heterocycles. The van der Waals surface area contributed by atoms with Gasteiger partial charge in [0, 0.05) is 19.1 Å². The third-order valence-corrected chi connectivity index (χ3v) is 2.95. The van der Waals surface area contributed by atoms with Crippen molar-refractivity contribution in [3.63, 3.8) is 0 Å². The molecule has 0 radical (unpaired) electrons. The number of carboxylic acids is 1. The van der Waals surface area contributed by atoms with Gasteiger partial charge in [0.1, 0.15) is 5.82 Å². The number of carboxylic acid groups (broad SMARTS) is 1. The highest BCUT2D eigenvalue weighted by molar-refractivity contribution is 6.33. The molecule has 0 aliphatic carbocycles. The van der Waals surface area contributed by atoms with E-state index in [1.54, 1.807) is 6.07 Å². The Kier molecular flexibility index (Phi) is 3.81. The van der Waals surface area contributed by atoms with Crippen molar-refractivity contribution in [3.05, 3.63) is 22.8 Å². The standard InChI is InChI=1S/C11H13ClN2O3/c12-8-1-2-9(14-10(8)11(15)16)13-5-7-3-4-17-6-7/h1-2,7H,3-6H2,(H,13,14)(H,15,16). The van der Waals surface area contributed by atoms with Gasteiger partial charge in [-0.05, 0) is 18.6 Å². The van der Waals surface area contributed by atoms with E-state index in [1.165, 1.54) is 6.07 Å². The number of rotatable bonds is 4. The second-order valence-corrected chi connectivity index (χ2v) is 4.35. The second kappa shape index (κ2) is 5.33. The van der Waals surface area contributed by atoms with Gasteiger partial charge in [-0.3, -0.25) is 0 Å². The third-order valence-electron chi connectivity index (χ3n) is 2.64. The zero-order chi connectivity index (χ0) is 12.3. The molecule has 0 amide bonds. The topological polar surface area (TPSA) is 71.5 Å². The molecule has 1 aromatic heterocycles. The molecule has 0 bridgehead atoms. The minimum atomic E-state index is -1.12. The summed E-state index contributed by atoms with van der Waals surface area (Å²) in [6.07, 6.45) is 1.02. The number of nitrogens with zero attached hydrogens (tertiary/aromatic N) is 1. The lowest BCUT2D eigenvalue weighted by molar-refractivity contribution is 0.0691. The van der Waals surface area contributed by atoms with E-state index in [2.05, 4.69) is 10.3 Å². The number of hydrogen-bond acceptors (Lipinski definition) is 4. The molecule has 1 saturated heterocycles. The molecule has 1 aliphatic rings. The van der Waals surface area contributed by atoms with Gasteiger partial charge in [-0.25, -0.2) is 9.78 Å². The fourth-order valence-corrected chi connectivity index (χ4v) is 1.87. The summed E-state index contributed by atoms with van der Waals surface area (Å²) in [6.45, 7) is 2.26. The quantitative estimate of drug-likeness (QED) is 0.861. The van der Waals surface area contributed by atoms with E-state index in [9.17, 15) is 4.79 Å². The Morgan fingerprint density at radius 3 is 3.12 bits per heavy atom.